The van der Waals surface area contributed by atoms with Gasteiger partial charge in [-0.15, -0.1) is 0 Å². The van der Waals surface area contributed by atoms with E-state index < -0.39 is 0 Å². The van der Waals surface area contributed by atoms with Crippen molar-refractivity contribution in [2.24, 2.45) is 0 Å². The Balaban J connectivity index is 1.65. The molecule has 1 aliphatic carbocycles. The third-order valence-corrected chi connectivity index (χ3v) is 5.99. The van der Waals surface area contributed by atoms with Crippen molar-refractivity contribution in [2.75, 3.05) is 11.9 Å². The zero-order valence-corrected chi connectivity index (χ0v) is 20.1. The van der Waals surface area contributed by atoms with Gasteiger partial charge in [-0.2, -0.15) is 0 Å². The van der Waals surface area contributed by atoms with Gasteiger partial charge in [-0.1, -0.05) is 68.1 Å². The van der Waals surface area contributed by atoms with Crippen LogP contribution >= 0.6 is 15.9 Å². The Hall–Kier alpha value is -2.34. The molecule has 3 rings (SSSR count). The zero-order chi connectivity index (χ0) is 22.4. The van der Waals surface area contributed by atoms with Gasteiger partial charge in [0.1, 0.15) is 5.75 Å². The molecule has 0 aliphatic heterocycles. The smallest absolute Gasteiger partial charge is 0.262 e. The second kappa shape index (κ2) is 10.3. The van der Waals surface area contributed by atoms with E-state index in [2.05, 4.69) is 47.3 Å². The fraction of sp³-hybridized carbons (Fsp3) is 0.440. The van der Waals surface area contributed by atoms with E-state index >= 15 is 0 Å². The van der Waals surface area contributed by atoms with Crippen molar-refractivity contribution in [2.45, 2.75) is 64.3 Å². The summed E-state index contributed by atoms with van der Waals surface area (Å²) in [6.45, 7) is 6.16. The Morgan fingerprint density at radius 2 is 1.77 bits per heavy atom. The van der Waals surface area contributed by atoms with Gasteiger partial charge in [-0.05, 0) is 48.6 Å². The molecular weight excluding hydrogens is 456 g/mol. The molecule has 0 saturated heterocycles. The summed E-state index contributed by atoms with van der Waals surface area (Å²) in [5, 5.41) is 5.94. The van der Waals surface area contributed by atoms with E-state index in [1.807, 2.05) is 18.2 Å². The molecule has 1 saturated carbocycles. The molecule has 0 unspecified atom stereocenters. The average Bonchev–Trinajstić information content (AvgIpc) is 2.73. The first-order chi connectivity index (χ1) is 14.7. The number of hydrogen-bond donors (Lipinski definition) is 2. The number of benzene rings is 2. The van der Waals surface area contributed by atoms with Crippen molar-refractivity contribution in [3.63, 3.8) is 0 Å². The van der Waals surface area contributed by atoms with Crippen LogP contribution in [-0.2, 0) is 10.2 Å². The van der Waals surface area contributed by atoms with Crippen molar-refractivity contribution in [1.82, 2.24) is 5.32 Å². The molecule has 0 aromatic heterocycles. The maximum absolute atomic E-state index is 12.8. The number of halogens is 1. The summed E-state index contributed by atoms with van der Waals surface area (Å²) < 4.78 is 6.81. The van der Waals surface area contributed by atoms with Crippen LogP contribution in [0.25, 0.3) is 0 Å². The third-order valence-electron chi connectivity index (χ3n) is 5.49. The molecule has 1 fully saturated rings. The van der Waals surface area contributed by atoms with Gasteiger partial charge in [0.25, 0.3) is 11.8 Å². The average molecular weight is 487 g/mol. The van der Waals surface area contributed by atoms with Gasteiger partial charge < -0.3 is 15.4 Å². The normalized spacial score (nSPS) is 14.7. The maximum atomic E-state index is 12.8. The number of carbonyl (C=O) groups is 2. The third kappa shape index (κ3) is 6.57. The highest BCUT2D eigenvalue weighted by atomic mass is 79.9. The topological polar surface area (TPSA) is 67.4 Å². The Morgan fingerprint density at radius 1 is 1.06 bits per heavy atom. The van der Waals surface area contributed by atoms with Crippen molar-refractivity contribution in [3.05, 3.63) is 58.1 Å². The van der Waals surface area contributed by atoms with Crippen molar-refractivity contribution in [1.29, 1.82) is 0 Å². The highest BCUT2D eigenvalue weighted by Gasteiger charge is 2.21. The molecule has 2 aromatic rings. The van der Waals surface area contributed by atoms with Crippen LogP contribution in [0.4, 0.5) is 5.69 Å². The molecule has 1 aliphatic rings. The van der Waals surface area contributed by atoms with E-state index in [0.29, 0.717) is 17.0 Å². The monoisotopic (exact) mass is 486 g/mol. The van der Waals surface area contributed by atoms with Crippen LogP contribution in [0.15, 0.2) is 46.9 Å². The molecule has 0 heterocycles. The van der Waals surface area contributed by atoms with Crippen LogP contribution < -0.4 is 15.4 Å². The standard InChI is InChI=1S/C25H31BrN2O3/c1-25(2,3)20-15-17(26)13-14-22(20)31-16-23(29)28-21-12-8-7-11-19(21)24(30)27-18-9-5-4-6-10-18/h7-8,11-15,18H,4-6,9-10,16H2,1-3H3,(H,27,30)(H,28,29). The SMILES string of the molecule is CC(C)(C)c1cc(Br)ccc1OCC(=O)Nc1ccccc1C(=O)NC1CCCCC1. The highest BCUT2D eigenvalue weighted by Crippen LogP contribution is 2.33. The minimum absolute atomic E-state index is 0.126. The number of para-hydroxylation sites is 1. The van der Waals surface area contributed by atoms with Gasteiger partial charge >= 0.3 is 0 Å². The van der Waals surface area contributed by atoms with Crippen LogP contribution in [0, 0.1) is 0 Å². The predicted octanol–water partition coefficient (Wildman–Crippen LogP) is 5.83. The molecule has 31 heavy (non-hydrogen) atoms. The minimum Gasteiger partial charge on any atom is -0.483 e. The first-order valence-electron chi connectivity index (χ1n) is 10.9. The Bertz CT molecular complexity index is 931. The summed E-state index contributed by atoms with van der Waals surface area (Å²) in [5.41, 5.74) is 1.86. The molecule has 2 aromatic carbocycles. The summed E-state index contributed by atoms with van der Waals surface area (Å²) in [6.07, 6.45) is 5.55. The molecule has 0 radical (unpaired) electrons. The molecular formula is C25H31BrN2O3. The first kappa shape index (κ1) is 23.3. The van der Waals surface area contributed by atoms with E-state index in [-0.39, 0.29) is 29.9 Å². The fourth-order valence-corrected chi connectivity index (χ4v) is 4.21. The van der Waals surface area contributed by atoms with Gasteiger partial charge in [0.15, 0.2) is 6.61 Å². The van der Waals surface area contributed by atoms with Crippen molar-refractivity contribution in [3.8, 4) is 5.75 Å². The van der Waals surface area contributed by atoms with Crippen LogP contribution in [0.1, 0.15) is 68.8 Å². The largest absolute Gasteiger partial charge is 0.483 e. The number of carbonyl (C=O) groups excluding carboxylic acids is 2. The number of anilines is 1. The second-order valence-electron chi connectivity index (χ2n) is 9.08. The van der Waals surface area contributed by atoms with Crippen LogP contribution in [0.5, 0.6) is 5.75 Å². The van der Waals surface area contributed by atoms with Crippen LogP contribution in [0.3, 0.4) is 0 Å². The quantitative estimate of drug-likeness (QED) is 0.539. The van der Waals surface area contributed by atoms with E-state index in [4.69, 9.17) is 4.74 Å². The van der Waals surface area contributed by atoms with E-state index in [1.54, 1.807) is 24.3 Å². The molecule has 2 N–H and O–H groups in total. The molecule has 6 heteroatoms. The summed E-state index contributed by atoms with van der Waals surface area (Å²) in [4.78, 5) is 25.4. The van der Waals surface area contributed by atoms with Crippen LogP contribution in [-0.4, -0.2) is 24.5 Å². The molecule has 0 atom stereocenters. The summed E-state index contributed by atoms with van der Waals surface area (Å²) in [7, 11) is 0. The van der Waals surface area contributed by atoms with Crippen molar-refractivity contribution >= 4 is 33.4 Å². The summed E-state index contributed by atoms with van der Waals surface area (Å²) in [5.74, 6) is 0.224. The zero-order valence-electron chi connectivity index (χ0n) is 18.5. The Morgan fingerprint density at radius 3 is 2.48 bits per heavy atom. The Labute approximate surface area is 193 Å². The first-order valence-corrected chi connectivity index (χ1v) is 11.7. The van der Waals surface area contributed by atoms with Crippen LogP contribution in [0.2, 0.25) is 0 Å². The maximum Gasteiger partial charge on any atom is 0.262 e. The molecule has 2 amide bonds. The Kier molecular flexibility index (Phi) is 7.76. The number of rotatable bonds is 6. The molecule has 166 valence electrons. The van der Waals surface area contributed by atoms with Gasteiger partial charge in [-0.25, -0.2) is 0 Å². The molecule has 0 bridgehead atoms. The lowest BCUT2D eigenvalue weighted by molar-refractivity contribution is -0.118. The van der Waals surface area contributed by atoms with E-state index in [1.165, 1.54) is 6.42 Å². The fourth-order valence-electron chi connectivity index (χ4n) is 3.84. The minimum atomic E-state index is -0.305. The lowest BCUT2D eigenvalue weighted by Crippen LogP contribution is -2.36. The predicted molar refractivity (Wildman–Crippen MR) is 128 cm³/mol. The lowest BCUT2D eigenvalue weighted by Gasteiger charge is -2.23. The second-order valence-corrected chi connectivity index (χ2v) is 10.00. The van der Waals surface area contributed by atoms with Gasteiger partial charge in [-0.3, -0.25) is 9.59 Å². The van der Waals surface area contributed by atoms with Gasteiger partial charge in [0.05, 0.1) is 11.3 Å². The number of nitrogens with one attached hydrogen (secondary N) is 2. The summed E-state index contributed by atoms with van der Waals surface area (Å²) >= 11 is 3.50. The van der Waals surface area contributed by atoms with Crippen molar-refractivity contribution < 1.29 is 14.3 Å². The van der Waals surface area contributed by atoms with E-state index in [0.717, 1.165) is 35.7 Å². The van der Waals surface area contributed by atoms with E-state index in [9.17, 15) is 9.59 Å². The number of amides is 2. The highest BCUT2D eigenvalue weighted by molar-refractivity contribution is 9.10. The van der Waals surface area contributed by atoms with Gasteiger partial charge in [0.2, 0.25) is 0 Å². The number of ether oxygens (including phenoxy) is 1. The van der Waals surface area contributed by atoms with Gasteiger partial charge in [0, 0.05) is 16.1 Å². The molecule has 5 nitrogen and oxygen atoms in total. The number of hydrogen-bond acceptors (Lipinski definition) is 3. The summed E-state index contributed by atoms with van der Waals surface area (Å²) in [6, 6.07) is 13.1. The molecule has 0 spiro atoms. The lowest BCUT2D eigenvalue weighted by atomic mass is 9.86.